The highest BCUT2D eigenvalue weighted by atomic mass is 19.1. The molecule has 0 atom stereocenters. The number of amides is 1. The van der Waals surface area contributed by atoms with Gasteiger partial charge in [0, 0.05) is 24.3 Å². The van der Waals surface area contributed by atoms with Crippen molar-refractivity contribution in [1.29, 1.82) is 0 Å². The van der Waals surface area contributed by atoms with E-state index in [0.29, 0.717) is 11.6 Å². The van der Waals surface area contributed by atoms with Gasteiger partial charge in [0.05, 0.1) is 10.6 Å². The number of nitrogens with one attached hydrogen (secondary N) is 1. The molecule has 0 aliphatic carbocycles. The van der Waals surface area contributed by atoms with Crippen LogP contribution >= 0.6 is 0 Å². The number of halogens is 2. The van der Waals surface area contributed by atoms with Crippen molar-refractivity contribution in [3.63, 3.8) is 0 Å². The van der Waals surface area contributed by atoms with Crippen molar-refractivity contribution in [2.24, 2.45) is 0 Å². The summed E-state index contributed by atoms with van der Waals surface area (Å²) in [7, 11) is 0. The normalized spacial score (nSPS) is 10.6. The van der Waals surface area contributed by atoms with E-state index >= 15 is 0 Å². The van der Waals surface area contributed by atoms with Crippen molar-refractivity contribution in [3.8, 4) is 0 Å². The monoisotopic (exact) mass is 304 g/mol. The predicted molar refractivity (Wildman–Crippen MR) is 77.1 cm³/mol. The number of anilines is 1. The molecular formula is C15H10F2N2O3. The number of nitrogens with zero attached hydrogens (tertiary/aromatic N) is 1. The predicted octanol–water partition coefficient (Wildman–Crippen LogP) is 3.52. The topological polar surface area (TPSA) is 72.2 Å². The third kappa shape index (κ3) is 3.95. The van der Waals surface area contributed by atoms with Crippen molar-refractivity contribution in [2.45, 2.75) is 0 Å². The van der Waals surface area contributed by atoms with Gasteiger partial charge in [0.25, 0.3) is 5.69 Å². The molecule has 0 heterocycles. The maximum absolute atomic E-state index is 13.4. The third-order valence-electron chi connectivity index (χ3n) is 2.72. The summed E-state index contributed by atoms with van der Waals surface area (Å²) in [6, 6.07) is 8.35. The molecule has 1 amide bonds. The maximum atomic E-state index is 13.4. The van der Waals surface area contributed by atoms with Gasteiger partial charge in [-0.05, 0) is 35.9 Å². The smallest absolute Gasteiger partial charge is 0.269 e. The van der Waals surface area contributed by atoms with Crippen LogP contribution < -0.4 is 5.32 Å². The zero-order valence-corrected chi connectivity index (χ0v) is 11.1. The third-order valence-corrected chi connectivity index (χ3v) is 2.72. The Morgan fingerprint density at radius 2 is 1.82 bits per heavy atom. The summed E-state index contributed by atoms with van der Waals surface area (Å²) in [6.07, 6.45) is 2.56. The minimum absolute atomic E-state index is 0.0602. The summed E-state index contributed by atoms with van der Waals surface area (Å²) in [6.45, 7) is 0. The lowest BCUT2D eigenvalue weighted by Crippen LogP contribution is -2.09. The van der Waals surface area contributed by atoms with Gasteiger partial charge in [-0.15, -0.1) is 0 Å². The highest BCUT2D eigenvalue weighted by molar-refractivity contribution is 6.01. The number of rotatable bonds is 4. The molecule has 2 aromatic carbocycles. The molecule has 0 aromatic heterocycles. The molecule has 0 fully saturated rings. The van der Waals surface area contributed by atoms with Crippen LogP contribution in [0.3, 0.4) is 0 Å². The molecule has 5 nitrogen and oxygen atoms in total. The quantitative estimate of drug-likeness (QED) is 0.533. The van der Waals surface area contributed by atoms with Crippen molar-refractivity contribution >= 4 is 23.4 Å². The fourth-order valence-electron chi connectivity index (χ4n) is 1.64. The molecule has 112 valence electrons. The fourth-order valence-corrected chi connectivity index (χ4v) is 1.64. The molecule has 0 unspecified atom stereocenters. The molecule has 0 aliphatic heterocycles. The SMILES string of the molecule is O=C(/C=C\c1ccc([N+](=O)[O-])cc1)Nc1ccc(F)cc1F. The van der Waals surface area contributed by atoms with E-state index in [0.717, 1.165) is 18.2 Å². The van der Waals surface area contributed by atoms with Crippen LogP contribution in [-0.4, -0.2) is 10.8 Å². The number of carbonyl (C=O) groups is 1. The van der Waals surface area contributed by atoms with Crippen LogP contribution in [-0.2, 0) is 4.79 Å². The van der Waals surface area contributed by atoms with Gasteiger partial charge in [-0.2, -0.15) is 0 Å². The Labute approximate surface area is 124 Å². The Bertz CT molecular complexity index is 743. The summed E-state index contributed by atoms with van der Waals surface area (Å²) in [4.78, 5) is 21.6. The molecule has 22 heavy (non-hydrogen) atoms. The molecule has 0 spiro atoms. The van der Waals surface area contributed by atoms with Crippen LogP contribution in [0, 0.1) is 21.7 Å². The first-order chi connectivity index (χ1) is 10.5. The molecule has 0 bridgehead atoms. The highest BCUT2D eigenvalue weighted by Gasteiger charge is 2.06. The molecule has 0 saturated carbocycles. The second-order valence-corrected chi connectivity index (χ2v) is 4.30. The number of non-ortho nitro benzene ring substituents is 1. The van der Waals surface area contributed by atoms with Crippen LogP contribution in [0.2, 0.25) is 0 Å². The van der Waals surface area contributed by atoms with Gasteiger partial charge < -0.3 is 5.32 Å². The Balaban J connectivity index is 2.03. The minimum atomic E-state index is -0.878. The van der Waals surface area contributed by atoms with Gasteiger partial charge >= 0.3 is 0 Å². The van der Waals surface area contributed by atoms with E-state index in [4.69, 9.17) is 0 Å². The van der Waals surface area contributed by atoms with Gasteiger partial charge in [0.1, 0.15) is 11.6 Å². The van der Waals surface area contributed by atoms with Crippen LogP contribution in [0.25, 0.3) is 6.08 Å². The van der Waals surface area contributed by atoms with Crippen molar-refractivity contribution in [2.75, 3.05) is 5.32 Å². The van der Waals surface area contributed by atoms with Gasteiger partial charge in [0.15, 0.2) is 0 Å². The minimum Gasteiger partial charge on any atom is -0.320 e. The van der Waals surface area contributed by atoms with E-state index in [1.165, 1.54) is 30.3 Å². The first kappa shape index (κ1) is 15.3. The summed E-state index contributed by atoms with van der Waals surface area (Å²) in [5, 5.41) is 12.8. The van der Waals surface area contributed by atoms with Crippen LogP contribution in [0.5, 0.6) is 0 Å². The molecule has 2 rings (SSSR count). The average molecular weight is 304 g/mol. The lowest BCUT2D eigenvalue weighted by Gasteiger charge is -2.03. The molecule has 1 N–H and O–H groups in total. The molecule has 0 aliphatic rings. The van der Waals surface area contributed by atoms with E-state index in [1.54, 1.807) is 0 Å². The van der Waals surface area contributed by atoms with E-state index < -0.39 is 22.5 Å². The number of hydrogen-bond acceptors (Lipinski definition) is 3. The van der Waals surface area contributed by atoms with E-state index in [1.807, 2.05) is 0 Å². The molecule has 0 saturated heterocycles. The van der Waals surface area contributed by atoms with Gasteiger partial charge in [-0.25, -0.2) is 8.78 Å². The highest BCUT2D eigenvalue weighted by Crippen LogP contribution is 2.15. The van der Waals surface area contributed by atoms with Crippen molar-refractivity contribution in [1.82, 2.24) is 0 Å². The largest absolute Gasteiger partial charge is 0.320 e. The second-order valence-electron chi connectivity index (χ2n) is 4.30. The standard InChI is InChI=1S/C15H10F2N2O3/c16-11-4-7-14(13(17)9-11)18-15(20)8-3-10-1-5-12(6-2-10)19(21)22/h1-9H,(H,18,20)/b8-3-. The molecule has 0 radical (unpaired) electrons. The fraction of sp³-hybridized carbons (Fsp3) is 0. The summed E-state index contributed by atoms with van der Waals surface area (Å²) in [5.41, 5.74) is 0.370. The van der Waals surface area contributed by atoms with Gasteiger partial charge in [-0.1, -0.05) is 0 Å². The first-order valence-electron chi connectivity index (χ1n) is 6.14. The Morgan fingerprint density at radius 1 is 1.14 bits per heavy atom. The Morgan fingerprint density at radius 3 is 2.41 bits per heavy atom. The zero-order valence-electron chi connectivity index (χ0n) is 11.1. The first-order valence-corrected chi connectivity index (χ1v) is 6.14. The number of nitro benzene ring substituents is 1. The number of benzene rings is 2. The summed E-state index contributed by atoms with van der Waals surface area (Å²) >= 11 is 0. The Kier molecular flexibility index (Phi) is 4.57. The Hall–Kier alpha value is -3.09. The van der Waals surface area contributed by atoms with Crippen LogP contribution in [0.15, 0.2) is 48.5 Å². The molecule has 7 heteroatoms. The van der Waals surface area contributed by atoms with Crippen LogP contribution in [0.1, 0.15) is 5.56 Å². The van der Waals surface area contributed by atoms with Crippen molar-refractivity contribution < 1.29 is 18.5 Å². The summed E-state index contributed by atoms with van der Waals surface area (Å²) in [5.74, 6) is -2.22. The summed E-state index contributed by atoms with van der Waals surface area (Å²) < 4.78 is 26.1. The second kappa shape index (κ2) is 6.57. The van der Waals surface area contributed by atoms with Crippen LogP contribution in [0.4, 0.5) is 20.2 Å². The van der Waals surface area contributed by atoms with Crippen molar-refractivity contribution in [3.05, 3.63) is 75.9 Å². The van der Waals surface area contributed by atoms with E-state index in [-0.39, 0.29) is 11.4 Å². The van der Waals surface area contributed by atoms with E-state index in [9.17, 15) is 23.7 Å². The van der Waals surface area contributed by atoms with Gasteiger partial charge in [-0.3, -0.25) is 14.9 Å². The number of nitro groups is 1. The van der Waals surface area contributed by atoms with Gasteiger partial charge in [0.2, 0.25) is 5.91 Å². The van der Waals surface area contributed by atoms with E-state index in [2.05, 4.69) is 5.32 Å². The number of carbonyl (C=O) groups excluding carboxylic acids is 1. The lowest BCUT2D eigenvalue weighted by molar-refractivity contribution is -0.384. The number of hydrogen-bond donors (Lipinski definition) is 1. The average Bonchev–Trinajstić information content (AvgIpc) is 2.48. The zero-order chi connectivity index (χ0) is 16.1. The molecular weight excluding hydrogens is 294 g/mol. The maximum Gasteiger partial charge on any atom is 0.269 e. The molecule has 2 aromatic rings. The lowest BCUT2D eigenvalue weighted by atomic mass is 10.2.